The van der Waals surface area contributed by atoms with Gasteiger partial charge >= 0.3 is 0 Å². The van der Waals surface area contributed by atoms with Crippen LogP contribution in [0.25, 0.3) is 11.3 Å². The van der Waals surface area contributed by atoms with Crippen LogP contribution < -0.4 is 24.8 Å². The second kappa shape index (κ2) is 17.2. The van der Waals surface area contributed by atoms with E-state index in [1.54, 1.807) is 17.0 Å². The van der Waals surface area contributed by atoms with Crippen LogP contribution in [0.5, 0.6) is 5.75 Å². The molecule has 14 nitrogen and oxygen atoms in total. The maximum absolute atomic E-state index is 13.5. The molecule has 0 aliphatic carbocycles. The molecule has 1 N–H and O–H groups in total. The van der Waals surface area contributed by atoms with Gasteiger partial charge in [0.15, 0.2) is 5.13 Å². The van der Waals surface area contributed by atoms with Crippen molar-refractivity contribution in [3.05, 3.63) is 118 Å². The number of benzene rings is 4. The Hall–Kier alpha value is -6.71. The van der Waals surface area contributed by atoms with Crippen molar-refractivity contribution in [2.45, 2.75) is 52.5 Å². The van der Waals surface area contributed by atoms with Crippen LogP contribution in [-0.2, 0) is 20.8 Å². The van der Waals surface area contributed by atoms with Crippen molar-refractivity contribution in [2.24, 2.45) is 0 Å². The normalized spacial score (nSPS) is 17.5. The van der Waals surface area contributed by atoms with Crippen LogP contribution >= 0.6 is 11.3 Å². The monoisotopic (exact) mass is 865 g/mol. The molecule has 322 valence electrons. The molecule has 6 amide bonds. The summed E-state index contributed by atoms with van der Waals surface area (Å²) < 4.78 is 6.20. The average molecular weight is 866 g/mol. The van der Waals surface area contributed by atoms with Crippen LogP contribution in [0.1, 0.15) is 73.3 Å². The van der Waals surface area contributed by atoms with Crippen molar-refractivity contribution in [2.75, 3.05) is 60.6 Å². The maximum atomic E-state index is 13.5. The molecule has 1 aromatic heterocycles. The van der Waals surface area contributed by atoms with Crippen LogP contribution in [0.15, 0.2) is 84.9 Å². The lowest BCUT2D eigenvalue weighted by Crippen LogP contribution is -2.54. The molecular formula is C48H47N7O7S. The lowest BCUT2D eigenvalue weighted by molar-refractivity contribution is -0.136. The summed E-state index contributed by atoms with van der Waals surface area (Å²) in [6.45, 7) is 10.5. The minimum atomic E-state index is -0.992. The van der Waals surface area contributed by atoms with Crippen LogP contribution in [0.2, 0.25) is 0 Å². The van der Waals surface area contributed by atoms with Crippen LogP contribution in [0.4, 0.5) is 22.2 Å². The average Bonchev–Trinajstić information content (AvgIpc) is 3.95. The molecule has 1 atom stereocenters. The Morgan fingerprint density at radius 3 is 2.43 bits per heavy atom. The number of aryl methyl sites for hydroxylation is 2. The van der Waals surface area contributed by atoms with Crippen molar-refractivity contribution in [1.82, 2.24) is 20.1 Å². The number of piperazine rings is 1. The number of ether oxygens (including phenoxy) is 1. The summed E-state index contributed by atoms with van der Waals surface area (Å²) in [6.07, 6.45) is 1.74. The number of imide groups is 2. The summed E-state index contributed by atoms with van der Waals surface area (Å²) in [6, 6.07) is 25.5. The van der Waals surface area contributed by atoms with Gasteiger partial charge in [0, 0.05) is 86.1 Å². The first kappa shape index (κ1) is 41.6. The summed E-state index contributed by atoms with van der Waals surface area (Å²) in [5.74, 6) is -1.55. The highest BCUT2D eigenvalue weighted by Gasteiger charge is 2.45. The molecule has 4 aliphatic heterocycles. The molecule has 5 heterocycles. The molecular weight excluding hydrogens is 819 g/mol. The quantitative estimate of drug-likeness (QED) is 0.118. The molecule has 1 unspecified atom stereocenters. The van der Waals surface area contributed by atoms with Crippen molar-refractivity contribution in [1.29, 1.82) is 0 Å². The van der Waals surface area contributed by atoms with Gasteiger partial charge in [0.25, 0.3) is 17.7 Å². The van der Waals surface area contributed by atoms with E-state index >= 15 is 0 Å². The number of anilines is 4. The fourth-order valence-electron chi connectivity index (χ4n) is 8.97. The van der Waals surface area contributed by atoms with Gasteiger partial charge in [-0.2, -0.15) is 0 Å². The van der Waals surface area contributed by atoms with Gasteiger partial charge in [0.05, 0.1) is 29.1 Å². The van der Waals surface area contributed by atoms with Gasteiger partial charge in [0.1, 0.15) is 11.8 Å². The Kier molecular flexibility index (Phi) is 11.4. The smallest absolute Gasteiger partial charge is 0.262 e. The van der Waals surface area contributed by atoms with E-state index in [-0.39, 0.29) is 35.8 Å². The number of amides is 6. The van der Waals surface area contributed by atoms with Gasteiger partial charge in [-0.05, 0) is 92.8 Å². The molecule has 0 spiro atoms. The molecule has 15 heteroatoms. The summed E-state index contributed by atoms with van der Waals surface area (Å²) >= 11 is 1.46. The molecule has 4 aliphatic rings. The van der Waals surface area contributed by atoms with Crippen LogP contribution in [-0.4, -0.2) is 102 Å². The zero-order valence-electron chi connectivity index (χ0n) is 35.4. The van der Waals surface area contributed by atoms with Crippen molar-refractivity contribution in [3.8, 4) is 17.0 Å². The van der Waals surface area contributed by atoms with E-state index in [1.807, 2.05) is 85.5 Å². The number of hydrogen-bond donors (Lipinski definition) is 1. The van der Waals surface area contributed by atoms with E-state index < -0.39 is 29.7 Å². The fraction of sp³-hybridized carbons (Fsp3) is 0.312. The van der Waals surface area contributed by atoms with Gasteiger partial charge in [-0.15, -0.1) is 11.3 Å². The highest BCUT2D eigenvalue weighted by atomic mass is 32.1. The van der Waals surface area contributed by atoms with Gasteiger partial charge in [-0.3, -0.25) is 48.8 Å². The van der Waals surface area contributed by atoms with E-state index in [2.05, 4.69) is 21.2 Å². The minimum absolute atomic E-state index is 0.00361. The number of fused-ring (bicyclic) bond motifs is 2. The van der Waals surface area contributed by atoms with E-state index in [0.29, 0.717) is 35.3 Å². The van der Waals surface area contributed by atoms with Gasteiger partial charge in [0.2, 0.25) is 17.7 Å². The third-order valence-corrected chi connectivity index (χ3v) is 13.2. The first-order chi connectivity index (χ1) is 30.4. The maximum Gasteiger partial charge on any atom is 0.262 e. The molecule has 2 fully saturated rings. The first-order valence-corrected chi connectivity index (χ1v) is 22.1. The molecule has 2 saturated heterocycles. The van der Waals surface area contributed by atoms with Gasteiger partial charge in [-0.25, -0.2) is 4.98 Å². The van der Waals surface area contributed by atoms with Crippen molar-refractivity contribution < 1.29 is 33.5 Å². The molecule has 0 radical (unpaired) electrons. The number of piperidine rings is 1. The first-order valence-electron chi connectivity index (χ1n) is 21.3. The second-order valence-corrected chi connectivity index (χ2v) is 17.5. The number of nitrogens with zero attached hydrogens (tertiary/aromatic N) is 6. The zero-order chi connectivity index (χ0) is 43.9. The summed E-state index contributed by atoms with van der Waals surface area (Å²) in [4.78, 5) is 92.2. The Balaban J connectivity index is 0.784. The molecule has 5 aromatic rings. The standard InChI is InChI=1S/C48H47N7O7S/c1-29-8-4-5-11-37(29)45(59)53-20-18-32-26-33(12-15-40(32)53)43-30(2)63-48(50-43)54(31(3)56)35-9-6-10-36(27-35)62-25-7-19-51-21-23-52(24-22-51)34-13-14-38-39(28-34)47(61)55(46(38)60)41-16-17-42(57)49-44(41)58/h4-6,8-15,26-28,41H,7,16-25H2,1-3H3,(H,49,57,58). The zero-order valence-corrected chi connectivity index (χ0v) is 36.2. The van der Waals surface area contributed by atoms with Crippen molar-refractivity contribution in [3.63, 3.8) is 0 Å². The van der Waals surface area contributed by atoms with E-state index in [1.165, 1.54) is 18.3 Å². The Morgan fingerprint density at radius 1 is 0.857 bits per heavy atom. The molecule has 4 aromatic carbocycles. The van der Waals surface area contributed by atoms with Crippen LogP contribution in [0, 0.1) is 13.8 Å². The van der Waals surface area contributed by atoms with E-state index in [0.717, 1.165) is 89.1 Å². The summed E-state index contributed by atoms with van der Waals surface area (Å²) in [5.41, 5.74) is 7.47. The van der Waals surface area contributed by atoms with Gasteiger partial charge < -0.3 is 14.5 Å². The number of carbonyl (C=O) groups is 6. The minimum Gasteiger partial charge on any atom is -0.493 e. The molecule has 0 saturated carbocycles. The SMILES string of the molecule is CC(=O)N(c1cccc(OCCCN2CCN(c3ccc4c(c3)C(=O)N(C3CCC(=O)NC3=O)C4=O)CC2)c1)c1nc(-c2ccc3c(c2)CCN3C(=O)c2ccccc2C)c(C)s1. The Morgan fingerprint density at radius 2 is 1.65 bits per heavy atom. The largest absolute Gasteiger partial charge is 0.493 e. The Labute approximate surface area is 369 Å². The van der Waals surface area contributed by atoms with E-state index in [9.17, 15) is 28.8 Å². The molecule has 9 rings (SSSR count). The molecule has 63 heavy (non-hydrogen) atoms. The predicted molar refractivity (Wildman–Crippen MR) is 240 cm³/mol. The lowest BCUT2D eigenvalue weighted by atomic mass is 10.0. The van der Waals surface area contributed by atoms with Crippen molar-refractivity contribution >= 4 is 69.0 Å². The van der Waals surface area contributed by atoms with E-state index in [4.69, 9.17) is 9.72 Å². The topological polar surface area (TPSA) is 153 Å². The number of rotatable bonds is 11. The molecule has 0 bridgehead atoms. The highest BCUT2D eigenvalue weighted by Crippen LogP contribution is 2.40. The lowest BCUT2D eigenvalue weighted by Gasteiger charge is -2.36. The number of aromatic nitrogens is 1. The highest BCUT2D eigenvalue weighted by molar-refractivity contribution is 7.16. The fourth-order valence-corrected chi connectivity index (χ4v) is 9.96. The summed E-state index contributed by atoms with van der Waals surface area (Å²) in [7, 11) is 0. The third-order valence-electron chi connectivity index (χ3n) is 12.3. The number of carbonyl (C=O) groups excluding carboxylic acids is 6. The Bertz CT molecular complexity index is 2690. The van der Waals surface area contributed by atoms with Gasteiger partial charge in [-0.1, -0.05) is 30.3 Å². The van der Waals surface area contributed by atoms with Crippen LogP contribution in [0.3, 0.4) is 0 Å². The number of nitrogens with one attached hydrogen (secondary N) is 1. The summed E-state index contributed by atoms with van der Waals surface area (Å²) in [5, 5.41) is 2.80. The predicted octanol–water partition coefficient (Wildman–Crippen LogP) is 6.31. The number of hydrogen-bond acceptors (Lipinski definition) is 11. The third kappa shape index (κ3) is 8.09. The number of thiazole rings is 1. The second-order valence-electron chi connectivity index (χ2n) is 16.3.